The van der Waals surface area contributed by atoms with Crippen LogP contribution in [0.5, 0.6) is 0 Å². The number of benzene rings is 3. The molecule has 3 aromatic rings. The summed E-state index contributed by atoms with van der Waals surface area (Å²) >= 11 is 0. The van der Waals surface area contributed by atoms with Crippen molar-refractivity contribution in [3.8, 4) is 0 Å². The minimum absolute atomic E-state index is 0.630. The summed E-state index contributed by atoms with van der Waals surface area (Å²) in [6.45, 7) is 1.79. The molecule has 0 saturated carbocycles. The van der Waals surface area contributed by atoms with E-state index in [4.69, 9.17) is 5.21 Å². The molecule has 18 heavy (non-hydrogen) atoms. The van der Waals surface area contributed by atoms with Crippen LogP contribution in [0.3, 0.4) is 0 Å². The van der Waals surface area contributed by atoms with Crippen molar-refractivity contribution >= 4 is 27.3 Å². The molecule has 0 saturated heterocycles. The second kappa shape index (κ2) is 4.15. The van der Waals surface area contributed by atoms with E-state index in [1.165, 1.54) is 16.2 Å². The molecule has 0 radical (unpaired) electrons. The van der Waals surface area contributed by atoms with Crippen LogP contribution in [0, 0.1) is 0 Å². The molecule has 0 aliphatic carbocycles. The molecule has 0 atom stereocenters. The van der Waals surface area contributed by atoms with Gasteiger partial charge in [-0.25, -0.2) is 0 Å². The van der Waals surface area contributed by atoms with Crippen molar-refractivity contribution in [1.82, 2.24) is 0 Å². The number of fused-ring (bicyclic) bond motifs is 2. The van der Waals surface area contributed by atoms with Crippen LogP contribution in [0.1, 0.15) is 12.5 Å². The lowest BCUT2D eigenvalue weighted by molar-refractivity contribution is 0.319. The van der Waals surface area contributed by atoms with Crippen LogP contribution >= 0.6 is 0 Å². The normalized spacial score (nSPS) is 12.2. The van der Waals surface area contributed by atoms with Crippen LogP contribution in [-0.2, 0) is 0 Å². The molecule has 2 heteroatoms. The number of rotatable bonds is 1. The predicted molar refractivity (Wildman–Crippen MR) is 75.5 cm³/mol. The summed E-state index contributed by atoms with van der Waals surface area (Å²) in [5, 5.41) is 16.9. The average Bonchev–Trinajstić information content (AvgIpc) is 2.43. The number of oxime groups is 1. The number of hydrogen-bond donors (Lipinski definition) is 1. The van der Waals surface area contributed by atoms with E-state index in [1.807, 2.05) is 18.2 Å². The Bertz CT molecular complexity index is 759. The van der Waals surface area contributed by atoms with Crippen molar-refractivity contribution in [2.45, 2.75) is 6.92 Å². The topological polar surface area (TPSA) is 32.6 Å². The first kappa shape index (κ1) is 10.8. The largest absolute Gasteiger partial charge is 0.411 e. The molecule has 3 aromatic carbocycles. The summed E-state index contributed by atoms with van der Waals surface area (Å²) in [6.07, 6.45) is 0. The summed E-state index contributed by atoms with van der Waals surface area (Å²) in [5.41, 5.74) is 1.57. The molecular formula is C16H13NO. The third-order valence-corrected chi connectivity index (χ3v) is 3.27. The molecule has 0 amide bonds. The Balaban J connectivity index is 2.30. The summed E-state index contributed by atoms with van der Waals surface area (Å²) in [4.78, 5) is 0. The minimum atomic E-state index is 0.630. The van der Waals surface area contributed by atoms with E-state index in [9.17, 15) is 0 Å². The molecule has 2 nitrogen and oxygen atoms in total. The molecular weight excluding hydrogens is 222 g/mol. The number of nitrogens with zero attached hydrogens (tertiary/aromatic N) is 1. The smallest absolute Gasteiger partial charge is 0.0837 e. The zero-order valence-electron chi connectivity index (χ0n) is 10.1. The first-order chi connectivity index (χ1) is 8.78. The fourth-order valence-electron chi connectivity index (χ4n) is 2.22. The van der Waals surface area contributed by atoms with Gasteiger partial charge in [-0.1, -0.05) is 41.6 Å². The fourth-order valence-corrected chi connectivity index (χ4v) is 2.22. The SMILES string of the molecule is CC(=NO)c1ccc2cc3ccccc3cc2c1. The maximum absolute atomic E-state index is 8.82. The van der Waals surface area contributed by atoms with Gasteiger partial charge in [0.05, 0.1) is 5.71 Å². The third kappa shape index (κ3) is 1.72. The van der Waals surface area contributed by atoms with Crippen molar-refractivity contribution in [3.63, 3.8) is 0 Å². The Morgan fingerprint density at radius 2 is 1.44 bits per heavy atom. The van der Waals surface area contributed by atoms with E-state index in [1.54, 1.807) is 6.92 Å². The van der Waals surface area contributed by atoms with Crippen molar-refractivity contribution < 1.29 is 5.21 Å². The lowest BCUT2D eigenvalue weighted by atomic mass is 10.0. The van der Waals surface area contributed by atoms with E-state index in [-0.39, 0.29) is 0 Å². The van der Waals surface area contributed by atoms with Crippen LogP contribution in [0.15, 0.2) is 59.8 Å². The van der Waals surface area contributed by atoms with Crippen molar-refractivity contribution in [1.29, 1.82) is 0 Å². The Hall–Kier alpha value is -2.35. The Morgan fingerprint density at radius 1 is 0.833 bits per heavy atom. The van der Waals surface area contributed by atoms with Crippen LogP contribution in [-0.4, -0.2) is 10.9 Å². The molecule has 0 fully saturated rings. The zero-order valence-corrected chi connectivity index (χ0v) is 10.1. The molecule has 0 aliphatic rings. The van der Waals surface area contributed by atoms with E-state index in [0.717, 1.165) is 10.9 Å². The summed E-state index contributed by atoms with van der Waals surface area (Å²) in [7, 11) is 0. The summed E-state index contributed by atoms with van der Waals surface area (Å²) < 4.78 is 0. The van der Waals surface area contributed by atoms with Gasteiger partial charge in [-0.15, -0.1) is 0 Å². The molecule has 0 bridgehead atoms. The predicted octanol–water partition coefficient (Wildman–Crippen LogP) is 4.19. The van der Waals surface area contributed by atoms with Gasteiger partial charge in [0.25, 0.3) is 0 Å². The summed E-state index contributed by atoms with van der Waals surface area (Å²) in [5.74, 6) is 0. The lowest BCUT2D eigenvalue weighted by Gasteiger charge is -2.04. The lowest BCUT2D eigenvalue weighted by Crippen LogP contribution is -1.93. The minimum Gasteiger partial charge on any atom is -0.411 e. The highest BCUT2D eigenvalue weighted by Gasteiger charge is 2.01. The van der Waals surface area contributed by atoms with Crippen molar-refractivity contribution in [2.75, 3.05) is 0 Å². The monoisotopic (exact) mass is 235 g/mol. The van der Waals surface area contributed by atoms with E-state index in [0.29, 0.717) is 5.71 Å². The molecule has 0 aliphatic heterocycles. The van der Waals surface area contributed by atoms with Gasteiger partial charge < -0.3 is 5.21 Å². The zero-order chi connectivity index (χ0) is 12.5. The van der Waals surface area contributed by atoms with Gasteiger partial charge in [0.2, 0.25) is 0 Å². The highest BCUT2D eigenvalue weighted by molar-refractivity contribution is 6.04. The van der Waals surface area contributed by atoms with Crippen LogP contribution in [0.25, 0.3) is 21.5 Å². The molecule has 0 aromatic heterocycles. The Kier molecular flexibility index (Phi) is 2.49. The highest BCUT2D eigenvalue weighted by atomic mass is 16.4. The molecule has 0 heterocycles. The van der Waals surface area contributed by atoms with E-state index >= 15 is 0 Å². The quantitative estimate of drug-likeness (QED) is 0.291. The third-order valence-electron chi connectivity index (χ3n) is 3.27. The average molecular weight is 235 g/mol. The van der Waals surface area contributed by atoms with E-state index < -0.39 is 0 Å². The second-order valence-corrected chi connectivity index (χ2v) is 4.45. The molecule has 88 valence electrons. The standard InChI is InChI=1S/C16H13NO/c1-11(17-18)12-6-7-15-9-13-4-2-3-5-14(13)10-16(15)8-12/h2-10,18H,1H3. The second-order valence-electron chi connectivity index (χ2n) is 4.45. The van der Waals surface area contributed by atoms with Crippen LogP contribution < -0.4 is 0 Å². The summed E-state index contributed by atoms with van der Waals surface area (Å²) in [6, 6.07) is 18.7. The first-order valence-electron chi connectivity index (χ1n) is 5.89. The van der Waals surface area contributed by atoms with Gasteiger partial charge in [-0.05, 0) is 52.2 Å². The van der Waals surface area contributed by atoms with Crippen LogP contribution in [0.4, 0.5) is 0 Å². The molecule has 0 spiro atoms. The van der Waals surface area contributed by atoms with Crippen molar-refractivity contribution in [2.24, 2.45) is 5.16 Å². The fraction of sp³-hybridized carbons (Fsp3) is 0.0625. The molecule has 1 N–H and O–H groups in total. The maximum Gasteiger partial charge on any atom is 0.0837 e. The highest BCUT2D eigenvalue weighted by Crippen LogP contribution is 2.23. The van der Waals surface area contributed by atoms with Gasteiger partial charge in [0, 0.05) is 0 Å². The first-order valence-corrected chi connectivity index (χ1v) is 5.89. The Labute approximate surface area is 105 Å². The molecule has 3 rings (SSSR count). The van der Waals surface area contributed by atoms with Crippen molar-refractivity contribution in [3.05, 3.63) is 60.2 Å². The van der Waals surface area contributed by atoms with Gasteiger partial charge in [0.15, 0.2) is 0 Å². The Morgan fingerprint density at radius 3 is 2.11 bits per heavy atom. The maximum atomic E-state index is 8.82. The van der Waals surface area contributed by atoms with Gasteiger partial charge in [-0.2, -0.15) is 0 Å². The van der Waals surface area contributed by atoms with Crippen LogP contribution in [0.2, 0.25) is 0 Å². The van der Waals surface area contributed by atoms with Gasteiger partial charge in [-0.3, -0.25) is 0 Å². The molecule has 0 unspecified atom stereocenters. The number of hydrogen-bond acceptors (Lipinski definition) is 2. The van der Waals surface area contributed by atoms with Gasteiger partial charge in [0.1, 0.15) is 0 Å². The van der Waals surface area contributed by atoms with E-state index in [2.05, 4.69) is 41.6 Å². The van der Waals surface area contributed by atoms with Gasteiger partial charge >= 0.3 is 0 Å².